The van der Waals surface area contributed by atoms with Gasteiger partial charge in [0, 0.05) is 50.9 Å². The molecule has 0 radical (unpaired) electrons. The molecule has 218 valence electrons. The second-order valence-corrected chi connectivity index (χ2v) is 11.1. The van der Waals surface area contributed by atoms with Crippen molar-refractivity contribution < 1.29 is 28.9 Å². The summed E-state index contributed by atoms with van der Waals surface area (Å²) in [6.07, 6.45) is 0.0654. The zero-order valence-electron chi connectivity index (χ0n) is 22.8. The van der Waals surface area contributed by atoms with Gasteiger partial charge in [-0.25, -0.2) is 9.38 Å². The third-order valence-electron chi connectivity index (χ3n) is 8.21. The molecule has 41 heavy (non-hydrogen) atoms. The topological polar surface area (TPSA) is 101 Å². The van der Waals surface area contributed by atoms with Crippen LogP contribution in [0.25, 0.3) is 11.1 Å². The fraction of sp³-hybridized carbons (Fsp3) is 0.448. The van der Waals surface area contributed by atoms with Crippen molar-refractivity contribution in [1.82, 2.24) is 14.7 Å². The third kappa shape index (κ3) is 4.90. The number of aliphatic hydroxyl groups is 1. The molecule has 2 aromatic carbocycles. The summed E-state index contributed by atoms with van der Waals surface area (Å²) in [5.41, 5.74) is 1.34. The smallest absolute Gasteiger partial charge is 0.246 e. The van der Waals surface area contributed by atoms with E-state index in [0.29, 0.717) is 56.5 Å². The highest BCUT2D eigenvalue weighted by molar-refractivity contribution is 6.35. The molecule has 10 nitrogen and oxygen atoms in total. The number of rotatable bonds is 4. The summed E-state index contributed by atoms with van der Waals surface area (Å²) in [4.78, 5) is 24.9. The zero-order valence-corrected chi connectivity index (χ0v) is 23.6. The summed E-state index contributed by atoms with van der Waals surface area (Å²) in [5.74, 6) is -0.246. The number of aliphatic imine (C=N–C) groups is 1. The van der Waals surface area contributed by atoms with E-state index in [2.05, 4.69) is 11.5 Å². The van der Waals surface area contributed by atoms with Gasteiger partial charge in [-0.1, -0.05) is 24.2 Å². The van der Waals surface area contributed by atoms with Crippen molar-refractivity contribution in [2.45, 2.75) is 25.4 Å². The van der Waals surface area contributed by atoms with Gasteiger partial charge in [-0.3, -0.25) is 9.69 Å². The van der Waals surface area contributed by atoms with Gasteiger partial charge in [0.25, 0.3) is 0 Å². The SMILES string of the molecule is C=CC(=O)N1CCN(C2=NC(O)N3c4c2cc(Cl)c(-c2c(O)cccc2F)c4OC[C@H]3CN2CCOCC2)[C@@H](C)C1. The number of anilines is 1. The Hall–Kier alpha value is -3.38. The van der Waals surface area contributed by atoms with Crippen LogP contribution in [0.4, 0.5) is 10.1 Å². The van der Waals surface area contributed by atoms with E-state index in [0.717, 1.165) is 13.1 Å². The normalized spacial score (nSPS) is 24.4. The first-order valence-corrected chi connectivity index (χ1v) is 14.2. The van der Waals surface area contributed by atoms with Gasteiger partial charge in [0.15, 0.2) is 5.75 Å². The number of amides is 1. The molecule has 4 aliphatic heterocycles. The lowest BCUT2D eigenvalue weighted by molar-refractivity contribution is -0.128. The molecule has 4 heterocycles. The molecule has 2 saturated heterocycles. The van der Waals surface area contributed by atoms with Crippen LogP contribution in [-0.4, -0.2) is 114 Å². The number of aliphatic hydroxyl groups excluding tert-OH is 1. The number of phenolic OH excluding ortho intramolecular Hbond substituents is 1. The quantitative estimate of drug-likeness (QED) is 0.528. The van der Waals surface area contributed by atoms with Gasteiger partial charge >= 0.3 is 0 Å². The predicted molar refractivity (Wildman–Crippen MR) is 153 cm³/mol. The number of amidine groups is 1. The number of hydrogen-bond donors (Lipinski definition) is 2. The second-order valence-electron chi connectivity index (χ2n) is 10.7. The van der Waals surface area contributed by atoms with Crippen LogP contribution in [0, 0.1) is 5.82 Å². The van der Waals surface area contributed by atoms with Crippen molar-refractivity contribution in [3.05, 3.63) is 53.3 Å². The number of aromatic hydroxyl groups is 1. The van der Waals surface area contributed by atoms with E-state index in [9.17, 15) is 15.0 Å². The summed E-state index contributed by atoms with van der Waals surface area (Å²) < 4.78 is 27.0. The van der Waals surface area contributed by atoms with Crippen LogP contribution in [0.1, 0.15) is 12.5 Å². The number of halogens is 2. The van der Waals surface area contributed by atoms with E-state index in [4.69, 9.17) is 26.1 Å². The Morgan fingerprint density at radius 2 is 2.02 bits per heavy atom. The minimum atomic E-state index is -1.24. The Labute approximate surface area is 242 Å². The van der Waals surface area contributed by atoms with Crippen molar-refractivity contribution in [3.8, 4) is 22.6 Å². The Bertz CT molecular complexity index is 1380. The monoisotopic (exact) mass is 585 g/mol. The van der Waals surface area contributed by atoms with E-state index in [1.165, 1.54) is 24.3 Å². The molecular weight excluding hydrogens is 553 g/mol. The first kappa shape index (κ1) is 27.8. The average Bonchev–Trinajstić information content (AvgIpc) is 2.96. The Morgan fingerprint density at radius 3 is 2.73 bits per heavy atom. The largest absolute Gasteiger partial charge is 0.507 e. The molecule has 0 saturated carbocycles. The Kier molecular flexibility index (Phi) is 7.54. The number of ether oxygens (including phenoxy) is 2. The zero-order chi connectivity index (χ0) is 28.8. The number of morpholine rings is 1. The average molecular weight is 586 g/mol. The van der Waals surface area contributed by atoms with E-state index in [1.807, 2.05) is 16.7 Å². The van der Waals surface area contributed by atoms with E-state index in [-0.39, 0.29) is 52.2 Å². The number of hydrogen-bond acceptors (Lipinski definition) is 9. The minimum absolute atomic E-state index is 0.0645. The van der Waals surface area contributed by atoms with Crippen molar-refractivity contribution >= 4 is 29.0 Å². The van der Waals surface area contributed by atoms with Gasteiger partial charge in [-0.05, 0) is 31.2 Å². The molecule has 0 aliphatic carbocycles. The molecule has 0 bridgehead atoms. The molecule has 2 N–H and O–H groups in total. The lowest BCUT2D eigenvalue weighted by Crippen LogP contribution is -2.60. The highest BCUT2D eigenvalue weighted by atomic mass is 35.5. The first-order chi connectivity index (χ1) is 19.8. The maximum atomic E-state index is 15.2. The molecule has 1 unspecified atom stereocenters. The van der Waals surface area contributed by atoms with Crippen LogP contribution in [0.5, 0.6) is 11.5 Å². The standard InChI is InChI=1S/C29H33ClFN5O5/c1-3-23(38)34-7-8-35(17(2)14-34)28-19-13-20(30)24(25-21(31)5-4-6-22(25)37)27-26(19)36(29(39)32-28)18(16-41-27)15-33-9-11-40-12-10-33/h3-6,13,17-18,29,37,39H,1,7-12,14-16H2,2H3/t17-,18+,29?/m0/s1. The van der Waals surface area contributed by atoms with E-state index in [1.54, 1.807) is 11.0 Å². The molecule has 6 rings (SSSR count). The molecule has 4 aliphatic rings. The lowest BCUT2D eigenvalue weighted by Gasteiger charge is -2.48. The number of nitrogens with zero attached hydrogens (tertiary/aromatic N) is 5. The summed E-state index contributed by atoms with van der Waals surface area (Å²) in [7, 11) is 0. The molecule has 12 heteroatoms. The molecule has 2 fully saturated rings. The molecule has 0 aromatic heterocycles. The summed E-state index contributed by atoms with van der Waals surface area (Å²) in [6.45, 7) is 10.6. The van der Waals surface area contributed by atoms with Gasteiger partial charge in [-0.2, -0.15) is 0 Å². The van der Waals surface area contributed by atoms with Crippen LogP contribution in [0.3, 0.4) is 0 Å². The van der Waals surface area contributed by atoms with Gasteiger partial charge in [0.05, 0.1) is 41.1 Å². The Balaban J connectivity index is 1.46. The van der Waals surface area contributed by atoms with Crippen LogP contribution in [-0.2, 0) is 9.53 Å². The second kappa shape index (κ2) is 11.1. The number of carbonyl (C=O) groups is 1. The molecule has 2 aromatic rings. The van der Waals surface area contributed by atoms with Gasteiger partial charge in [0.1, 0.15) is 24.0 Å². The summed E-state index contributed by atoms with van der Waals surface area (Å²) in [6, 6.07) is 5.40. The van der Waals surface area contributed by atoms with Crippen molar-refractivity contribution in [1.29, 1.82) is 0 Å². The predicted octanol–water partition coefficient (Wildman–Crippen LogP) is 2.51. The van der Waals surface area contributed by atoms with Crippen LogP contribution < -0.4 is 9.64 Å². The molecule has 0 spiro atoms. The first-order valence-electron chi connectivity index (χ1n) is 13.8. The maximum Gasteiger partial charge on any atom is 0.246 e. The fourth-order valence-corrected chi connectivity index (χ4v) is 6.51. The third-order valence-corrected chi connectivity index (χ3v) is 8.50. The molecule has 1 amide bonds. The minimum Gasteiger partial charge on any atom is -0.507 e. The molecular formula is C29H33ClFN5O5. The van der Waals surface area contributed by atoms with Crippen LogP contribution in [0.15, 0.2) is 41.9 Å². The van der Waals surface area contributed by atoms with Gasteiger partial charge in [0.2, 0.25) is 12.3 Å². The number of carbonyl (C=O) groups excluding carboxylic acids is 1. The summed E-state index contributed by atoms with van der Waals surface area (Å²) >= 11 is 6.85. The van der Waals surface area contributed by atoms with Gasteiger partial charge in [-0.15, -0.1) is 0 Å². The highest BCUT2D eigenvalue weighted by Crippen LogP contribution is 2.52. The van der Waals surface area contributed by atoms with Crippen molar-refractivity contribution in [2.24, 2.45) is 4.99 Å². The van der Waals surface area contributed by atoms with Crippen LogP contribution in [0.2, 0.25) is 5.02 Å². The maximum absolute atomic E-state index is 15.2. The highest BCUT2D eigenvalue weighted by Gasteiger charge is 2.43. The summed E-state index contributed by atoms with van der Waals surface area (Å²) in [5, 5.41) is 22.4. The van der Waals surface area contributed by atoms with Crippen molar-refractivity contribution in [3.63, 3.8) is 0 Å². The van der Waals surface area contributed by atoms with E-state index >= 15 is 4.39 Å². The number of phenols is 1. The number of benzene rings is 2. The van der Waals surface area contributed by atoms with E-state index < -0.39 is 12.2 Å². The lowest BCUT2D eigenvalue weighted by atomic mass is 9.94. The Morgan fingerprint density at radius 1 is 1.24 bits per heavy atom. The molecule has 3 atom stereocenters. The fourth-order valence-electron chi connectivity index (χ4n) is 6.22. The number of piperazine rings is 1. The van der Waals surface area contributed by atoms with Crippen LogP contribution >= 0.6 is 11.6 Å². The van der Waals surface area contributed by atoms with Crippen molar-refractivity contribution in [2.75, 3.05) is 64.0 Å². The van der Waals surface area contributed by atoms with Gasteiger partial charge < -0.3 is 34.4 Å².